The minimum Gasteiger partial charge on any atom is -0.372 e. The third-order valence-corrected chi connectivity index (χ3v) is 3.25. The fourth-order valence-corrected chi connectivity index (χ4v) is 2.40. The highest BCUT2D eigenvalue weighted by atomic mass is 19.1. The van der Waals surface area contributed by atoms with Crippen LogP contribution in [0.4, 0.5) is 10.1 Å². The van der Waals surface area contributed by atoms with Crippen LogP contribution in [0.3, 0.4) is 0 Å². The SMILES string of the molecule is C[C@@H](N)c1cc(F)ccc1N1CCOC(C)(C)C1. The summed E-state index contributed by atoms with van der Waals surface area (Å²) in [5.41, 5.74) is 7.63. The molecule has 1 aromatic rings. The second-order valence-corrected chi connectivity index (χ2v) is 5.52. The number of ether oxygens (including phenoxy) is 1. The van der Waals surface area contributed by atoms with Gasteiger partial charge in [-0.05, 0) is 44.5 Å². The zero-order valence-electron chi connectivity index (χ0n) is 11.2. The molecule has 2 N–H and O–H groups in total. The molecule has 1 atom stereocenters. The van der Waals surface area contributed by atoms with Crippen molar-refractivity contribution in [2.45, 2.75) is 32.4 Å². The summed E-state index contributed by atoms with van der Waals surface area (Å²) >= 11 is 0. The maximum Gasteiger partial charge on any atom is 0.123 e. The van der Waals surface area contributed by atoms with Gasteiger partial charge in [0, 0.05) is 24.8 Å². The van der Waals surface area contributed by atoms with E-state index >= 15 is 0 Å². The first-order valence-corrected chi connectivity index (χ1v) is 6.33. The molecule has 100 valence electrons. The maximum atomic E-state index is 13.3. The van der Waals surface area contributed by atoms with Gasteiger partial charge in [-0.2, -0.15) is 0 Å². The normalized spacial score (nSPS) is 20.8. The molecule has 1 fully saturated rings. The van der Waals surface area contributed by atoms with Crippen LogP contribution in [-0.4, -0.2) is 25.3 Å². The molecule has 2 rings (SSSR count). The van der Waals surface area contributed by atoms with Crippen LogP contribution in [0.15, 0.2) is 18.2 Å². The van der Waals surface area contributed by atoms with E-state index in [9.17, 15) is 4.39 Å². The Bertz CT molecular complexity index is 432. The van der Waals surface area contributed by atoms with Gasteiger partial charge >= 0.3 is 0 Å². The summed E-state index contributed by atoms with van der Waals surface area (Å²) in [6.45, 7) is 8.29. The zero-order chi connectivity index (χ0) is 13.3. The lowest BCUT2D eigenvalue weighted by atomic mass is 10.0. The molecule has 0 unspecified atom stereocenters. The average molecular weight is 252 g/mol. The third-order valence-electron chi connectivity index (χ3n) is 3.25. The second kappa shape index (κ2) is 4.86. The number of rotatable bonds is 2. The second-order valence-electron chi connectivity index (χ2n) is 5.52. The molecule has 1 aromatic carbocycles. The van der Waals surface area contributed by atoms with Crippen molar-refractivity contribution < 1.29 is 9.13 Å². The number of hydrogen-bond donors (Lipinski definition) is 1. The Labute approximate surface area is 108 Å². The molecule has 0 saturated carbocycles. The number of anilines is 1. The van der Waals surface area contributed by atoms with Crippen molar-refractivity contribution in [3.63, 3.8) is 0 Å². The van der Waals surface area contributed by atoms with Crippen molar-refractivity contribution in [3.8, 4) is 0 Å². The Hall–Kier alpha value is -1.13. The highest BCUT2D eigenvalue weighted by molar-refractivity contribution is 5.55. The van der Waals surface area contributed by atoms with Crippen LogP contribution >= 0.6 is 0 Å². The molecule has 0 bridgehead atoms. The van der Waals surface area contributed by atoms with Gasteiger partial charge in [0.05, 0.1) is 12.2 Å². The van der Waals surface area contributed by atoms with Gasteiger partial charge in [-0.25, -0.2) is 4.39 Å². The Balaban J connectivity index is 2.32. The highest BCUT2D eigenvalue weighted by Gasteiger charge is 2.28. The summed E-state index contributed by atoms with van der Waals surface area (Å²) in [5.74, 6) is -0.237. The number of hydrogen-bond acceptors (Lipinski definition) is 3. The van der Waals surface area contributed by atoms with Crippen LogP contribution in [0.2, 0.25) is 0 Å². The van der Waals surface area contributed by atoms with Gasteiger partial charge in [-0.1, -0.05) is 0 Å². The van der Waals surface area contributed by atoms with E-state index in [1.165, 1.54) is 12.1 Å². The molecule has 4 heteroatoms. The number of halogens is 1. The van der Waals surface area contributed by atoms with E-state index in [1.807, 2.05) is 13.0 Å². The maximum absolute atomic E-state index is 13.3. The fraction of sp³-hybridized carbons (Fsp3) is 0.571. The van der Waals surface area contributed by atoms with Crippen LogP contribution in [-0.2, 0) is 4.74 Å². The molecule has 0 aromatic heterocycles. The van der Waals surface area contributed by atoms with E-state index in [2.05, 4.69) is 18.7 Å². The molecule has 3 nitrogen and oxygen atoms in total. The number of morpholine rings is 1. The van der Waals surface area contributed by atoms with Gasteiger partial charge in [0.2, 0.25) is 0 Å². The lowest BCUT2D eigenvalue weighted by molar-refractivity contribution is -0.0277. The number of benzene rings is 1. The van der Waals surface area contributed by atoms with Crippen LogP contribution < -0.4 is 10.6 Å². The monoisotopic (exact) mass is 252 g/mol. The Morgan fingerprint density at radius 1 is 1.44 bits per heavy atom. The molecule has 0 amide bonds. The van der Waals surface area contributed by atoms with Crippen molar-refractivity contribution in [1.82, 2.24) is 0 Å². The predicted octanol–water partition coefficient (Wildman–Crippen LogP) is 2.46. The average Bonchev–Trinajstić information content (AvgIpc) is 2.27. The van der Waals surface area contributed by atoms with E-state index in [-0.39, 0.29) is 17.5 Å². The van der Waals surface area contributed by atoms with Crippen LogP contribution in [0.5, 0.6) is 0 Å². The van der Waals surface area contributed by atoms with Gasteiger partial charge in [0.25, 0.3) is 0 Å². The molecule has 1 aliphatic rings. The largest absolute Gasteiger partial charge is 0.372 e. The van der Waals surface area contributed by atoms with Gasteiger partial charge in [0.1, 0.15) is 5.82 Å². The number of nitrogens with two attached hydrogens (primary N) is 1. The van der Waals surface area contributed by atoms with Gasteiger partial charge in [-0.3, -0.25) is 0 Å². The van der Waals surface area contributed by atoms with E-state index in [4.69, 9.17) is 10.5 Å². The minimum absolute atomic E-state index is 0.179. The molecule has 1 aliphatic heterocycles. The molecule has 0 spiro atoms. The van der Waals surface area contributed by atoms with Crippen molar-refractivity contribution in [2.24, 2.45) is 5.73 Å². The van der Waals surface area contributed by atoms with Gasteiger partial charge < -0.3 is 15.4 Å². The summed E-state index contributed by atoms with van der Waals surface area (Å²) in [6.07, 6.45) is 0. The van der Waals surface area contributed by atoms with E-state index in [0.29, 0.717) is 6.61 Å². The Morgan fingerprint density at radius 2 is 2.17 bits per heavy atom. The van der Waals surface area contributed by atoms with Crippen LogP contribution in [0.1, 0.15) is 32.4 Å². The number of nitrogens with zero attached hydrogens (tertiary/aromatic N) is 1. The molecule has 1 heterocycles. The zero-order valence-corrected chi connectivity index (χ0v) is 11.2. The highest BCUT2D eigenvalue weighted by Crippen LogP contribution is 2.29. The summed E-state index contributed by atoms with van der Waals surface area (Å²) in [5, 5.41) is 0. The van der Waals surface area contributed by atoms with E-state index < -0.39 is 0 Å². The molecule has 0 aliphatic carbocycles. The lowest BCUT2D eigenvalue weighted by Crippen LogP contribution is -2.48. The van der Waals surface area contributed by atoms with E-state index in [0.717, 1.165) is 24.3 Å². The van der Waals surface area contributed by atoms with Crippen molar-refractivity contribution in [3.05, 3.63) is 29.6 Å². The quantitative estimate of drug-likeness (QED) is 0.878. The summed E-state index contributed by atoms with van der Waals surface area (Å²) in [6, 6.07) is 4.66. The van der Waals surface area contributed by atoms with Crippen molar-refractivity contribution in [2.75, 3.05) is 24.6 Å². The standard InChI is InChI=1S/C14H21FN2O/c1-10(16)12-8-11(15)4-5-13(12)17-6-7-18-14(2,3)9-17/h4-5,8,10H,6-7,9,16H2,1-3H3/t10-/m1/s1. The smallest absolute Gasteiger partial charge is 0.123 e. The van der Waals surface area contributed by atoms with Crippen LogP contribution in [0.25, 0.3) is 0 Å². The third kappa shape index (κ3) is 2.82. The summed E-state index contributed by atoms with van der Waals surface area (Å²) in [4.78, 5) is 2.22. The minimum atomic E-state index is -0.237. The van der Waals surface area contributed by atoms with E-state index in [1.54, 1.807) is 0 Å². The van der Waals surface area contributed by atoms with Crippen LogP contribution in [0, 0.1) is 5.82 Å². The first kappa shape index (κ1) is 13.3. The fourth-order valence-electron chi connectivity index (χ4n) is 2.40. The topological polar surface area (TPSA) is 38.5 Å². The molecule has 1 saturated heterocycles. The molecule has 0 radical (unpaired) electrons. The van der Waals surface area contributed by atoms with Crippen molar-refractivity contribution >= 4 is 5.69 Å². The van der Waals surface area contributed by atoms with Gasteiger partial charge in [-0.15, -0.1) is 0 Å². The molecular formula is C14H21FN2O. The summed E-state index contributed by atoms with van der Waals surface area (Å²) < 4.78 is 19.0. The molecule has 18 heavy (non-hydrogen) atoms. The first-order chi connectivity index (χ1) is 8.39. The molecular weight excluding hydrogens is 231 g/mol. The predicted molar refractivity (Wildman–Crippen MR) is 71.2 cm³/mol. The lowest BCUT2D eigenvalue weighted by Gasteiger charge is -2.40. The summed E-state index contributed by atoms with van der Waals surface area (Å²) in [7, 11) is 0. The Morgan fingerprint density at radius 3 is 2.78 bits per heavy atom. The first-order valence-electron chi connectivity index (χ1n) is 6.33. The van der Waals surface area contributed by atoms with Crippen molar-refractivity contribution in [1.29, 1.82) is 0 Å². The Kier molecular flexibility index (Phi) is 3.59. The van der Waals surface area contributed by atoms with Gasteiger partial charge in [0.15, 0.2) is 0 Å².